The zero-order valence-corrected chi connectivity index (χ0v) is 13.3. The molecule has 0 amide bonds. The highest BCUT2D eigenvalue weighted by Gasteiger charge is 2.06. The van der Waals surface area contributed by atoms with E-state index in [0.717, 1.165) is 42.9 Å². The number of hydrogen-bond donors (Lipinski definition) is 2. The fraction of sp³-hybridized carbons (Fsp3) is 0.412. The number of hydrogen-bond acceptors (Lipinski definition) is 3. The number of rotatable bonds is 9. The number of aromatic nitrogens is 2. The lowest BCUT2D eigenvalue weighted by atomic mass is 10.1. The first kappa shape index (κ1) is 17.1. The van der Waals surface area contributed by atoms with E-state index < -0.39 is 5.97 Å². The third-order valence-corrected chi connectivity index (χ3v) is 3.67. The van der Waals surface area contributed by atoms with Gasteiger partial charge in [-0.1, -0.05) is 12.1 Å². The van der Waals surface area contributed by atoms with Crippen LogP contribution in [0.4, 0.5) is 4.39 Å². The van der Waals surface area contributed by atoms with Gasteiger partial charge < -0.3 is 10.0 Å². The van der Waals surface area contributed by atoms with E-state index in [4.69, 9.17) is 5.11 Å². The second-order valence-electron chi connectivity index (χ2n) is 5.69. The number of benzene rings is 1. The van der Waals surface area contributed by atoms with Crippen LogP contribution >= 0.6 is 0 Å². The van der Waals surface area contributed by atoms with Crippen LogP contribution in [0.15, 0.2) is 30.3 Å². The van der Waals surface area contributed by atoms with Crippen molar-refractivity contribution < 1.29 is 14.3 Å². The summed E-state index contributed by atoms with van der Waals surface area (Å²) in [4.78, 5) is 12.6. The highest BCUT2D eigenvalue weighted by atomic mass is 19.1. The van der Waals surface area contributed by atoms with Gasteiger partial charge in [0.05, 0.1) is 5.69 Å². The summed E-state index contributed by atoms with van der Waals surface area (Å²) in [5, 5.41) is 15.8. The average Bonchev–Trinajstić information content (AvgIpc) is 2.96. The molecule has 2 N–H and O–H groups in total. The Labute approximate surface area is 135 Å². The highest BCUT2D eigenvalue weighted by molar-refractivity contribution is 5.66. The van der Waals surface area contributed by atoms with Crippen molar-refractivity contribution in [2.75, 3.05) is 20.1 Å². The highest BCUT2D eigenvalue weighted by Crippen LogP contribution is 2.19. The Morgan fingerprint density at radius 2 is 2.09 bits per heavy atom. The van der Waals surface area contributed by atoms with Crippen molar-refractivity contribution in [3.05, 3.63) is 41.8 Å². The standard InChI is InChI=1S/C17H22FN3O2/c1-21(10-4-8-17(22)23)9-3-7-15-12-16(20-19-15)13-5-2-6-14(18)11-13/h2,5-6,11-12H,3-4,7-10H2,1H3,(H,19,20)(H,22,23). The molecule has 0 aliphatic heterocycles. The van der Waals surface area contributed by atoms with Gasteiger partial charge in [-0.15, -0.1) is 0 Å². The number of nitrogens with one attached hydrogen (secondary N) is 1. The molecule has 0 atom stereocenters. The molecular formula is C17H22FN3O2. The molecule has 0 aliphatic rings. The van der Waals surface area contributed by atoms with Crippen molar-refractivity contribution in [1.82, 2.24) is 15.1 Å². The number of H-pyrrole nitrogens is 1. The normalized spacial score (nSPS) is 11.1. The molecule has 0 saturated carbocycles. The molecule has 0 bridgehead atoms. The molecule has 0 saturated heterocycles. The molecule has 0 fully saturated rings. The van der Waals surface area contributed by atoms with E-state index in [2.05, 4.69) is 15.1 Å². The third kappa shape index (κ3) is 5.83. The summed E-state index contributed by atoms with van der Waals surface area (Å²) in [6.07, 6.45) is 2.68. The van der Waals surface area contributed by atoms with Crippen LogP contribution in [-0.2, 0) is 11.2 Å². The SMILES string of the molecule is CN(CCCC(=O)O)CCCc1cc(-c2cccc(F)c2)n[nH]1. The number of carboxylic acids is 1. The monoisotopic (exact) mass is 319 g/mol. The van der Waals surface area contributed by atoms with Gasteiger partial charge in [0.1, 0.15) is 5.82 Å². The summed E-state index contributed by atoms with van der Waals surface area (Å²) < 4.78 is 13.2. The van der Waals surface area contributed by atoms with Crippen LogP contribution < -0.4 is 0 Å². The van der Waals surface area contributed by atoms with Crippen molar-refractivity contribution in [3.63, 3.8) is 0 Å². The summed E-state index contributed by atoms with van der Waals surface area (Å²) in [7, 11) is 1.99. The zero-order chi connectivity index (χ0) is 16.7. The molecule has 5 nitrogen and oxygen atoms in total. The third-order valence-electron chi connectivity index (χ3n) is 3.67. The second-order valence-corrected chi connectivity index (χ2v) is 5.69. The van der Waals surface area contributed by atoms with Crippen LogP contribution in [0.5, 0.6) is 0 Å². The summed E-state index contributed by atoms with van der Waals surface area (Å²) in [6, 6.07) is 8.33. The first-order chi connectivity index (χ1) is 11.0. The van der Waals surface area contributed by atoms with Crippen LogP contribution in [0.25, 0.3) is 11.3 Å². The van der Waals surface area contributed by atoms with E-state index in [-0.39, 0.29) is 12.2 Å². The molecule has 6 heteroatoms. The average molecular weight is 319 g/mol. The van der Waals surface area contributed by atoms with E-state index >= 15 is 0 Å². The maximum absolute atomic E-state index is 13.2. The number of aromatic amines is 1. The maximum atomic E-state index is 13.2. The van der Waals surface area contributed by atoms with E-state index in [1.807, 2.05) is 19.2 Å². The van der Waals surface area contributed by atoms with Gasteiger partial charge in [-0.2, -0.15) is 5.10 Å². The number of carbonyl (C=O) groups is 1. The minimum Gasteiger partial charge on any atom is -0.481 e. The van der Waals surface area contributed by atoms with Gasteiger partial charge in [-0.25, -0.2) is 4.39 Å². The number of aliphatic carboxylic acids is 1. The predicted octanol–water partition coefficient (Wildman–Crippen LogP) is 2.95. The maximum Gasteiger partial charge on any atom is 0.303 e. The quantitative estimate of drug-likeness (QED) is 0.745. The molecule has 2 rings (SSSR count). The Morgan fingerprint density at radius 3 is 2.83 bits per heavy atom. The molecular weight excluding hydrogens is 297 g/mol. The van der Waals surface area contributed by atoms with E-state index in [0.29, 0.717) is 6.42 Å². The predicted molar refractivity (Wildman–Crippen MR) is 86.7 cm³/mol. The van der Waals surface area contributed by atoms with Crippen LogP contribution in [0.1, 0.15) is 25.0 Å². The molecule has 0 spiro atoms. The van der Waals surface area contributed by atoms with E-state index in [1.54, 1.807) is 6.07 Å². The van der Waals surface area contributed by atoms with E-state index in [9.17, 15) is 9.18 Å². The molecule has 2 aromatic rings. The Morgan fingerprint density at radius 1 is 1.30 bits per heavy atom. The van der Waals surface area contributed by atoms with Gasteiger partial charge >= 0.3 is 5.97 Å². The van der Waals surface area contributed by atoms with E-state index in [1.165, 1.54) is 12.1 Å². The molecule has 23 heavy (non-hydrogen) atoms. The lowest BCUT2D eigenvalue weighted by Gasteiger charge is -2.15. The molecule has 1 aromatic carbocycles. The molecule has 0 aliphatic carbocycles. The Balaban J connectivity index is 1.76. The van der Waals surface area contributed by atoms with Gasteiger partial charge in [-0.05, 0) is 57.6 Å². The van der Waals surface area contributed by atoms with Crippen molar-refractivity contribution in [2.24, 2.45) is 0 Å². The number of carboxylic acid groups (broad SMARTS) is 1. The number of aryl methyl sites for hydroxylation is 1. The van der Waals surface area contributed by atoms with Gasteiger partial charge in [-0.3, -0.25) is 9.89 Å². The molecule has 124 valence electrons. The Kier molecular flexibility index (Phi) is 6.29. The van der Waals surface area contributed by atoms with Gasteiger partial charge in [0.2, 0.25) is 0 Å². The molecule has 1 aromatic heterocycles. The lowest BCUT2D eigenvalue weighted by Crippen LogP contribution is -2.22. The van der Waals surface area contributed by atoms with Gasteiger partial charge in [0.15, 0.2) is 0 Å². The van der Waals surface area contributed by atoms with Gasteiger partial charge in [0.25, 0.3) is 0 Å². The first-order valence-electron chi connectivity index (χ1n) is 7.75. The van der Waals surface area contributed by atoms with Crippen molar-refractivity contribution in [1.29, 1.82) is 0 Å². The van der Waals surface area contributed by atoms with Crippen molar-refractivity contribution >= 4 is 5.97 Å². The van der Waals surface area contributed by atoms with Crippen LogP contribution in [0, 0.1) is 5.82 Å². The summed E-state index contributed by atoms with van der Waals surface area (Å²) in [5.74, 6) is -1.02. The topological polar surface area (TPSA) is 69.2 Å². The summed E-state index contributed by atoms with van der Waals surface area (Å²) >= 11 is 0. The fourth-order valence-corrected chi connectivity index (χ4v) is 2.44. The molecule has 1 heterocycles. The fourth-order valence-electron chi connectivity index (χ4n) is 2.44. The summed E-state index contributed by atoms with van der Waals surface area (Å²) in [6.45, 7) is 1.68. The van der Waals surface area contributed by atoms with Crippen molar-refractivity contribution in [2.45, 2.75) is 25.7 Å². The van der Waals surface area contributed by atoms with Crippen LogP contribution in [0.2, 0.25) is 0 Å². The second kappa shape index (κ2) is 8.43. The largest absolute Gasteiger partial charge is 0.481 e. The zero-order valence-electron chi connectivity index (χ0n) is 13.3. The van der Waals surface area contributed by atoms with Crippen LogP contribution in [0.3, 0.4) is 0 Å². The molecule has 0 radical (unpaired) electrons. The van der Waals surface area contributed by atoms with Crippen LogP contribution in [-0.4, -0.2) is 46.3 Å². The Bertz CT molecular complexity index is 642. The number of halogens is 1. The smallest absolute Gasteiger partial charge is 0.303 e. The lowest BCUT2D eigenvalue weighted by molar-refractivity contribution is -0.137. The van der Waals surface area contributed by atoms with Gasteiger partial charge in [0, 0.05) is 17.7 Å². The summed E-state index contributed by atoms with van der Waals surface area (Å²) in [5.41, 5.74) is 2.52. The van der Waals surface area contributed by atoms with Crippen molar-refractivity contribution in [3.8, 4) is 11.3 Å². The first-order valence-corrected chi connectivity index (χ1v) is 7.75. The minimum absolute atomic E-state index is 0.210. The molecule has 0 unspecified atom stereocenters. The number of nitrogens with zero attached hydrogens (tertiary/aromatic N) is 2. The minimum atomic E-state index is -0.749. The Hall–Kier alpha value is -2.21.